The third-order valence-corrected chi connectivity index (χ3v) is 4.18. The lowest BCUT2D eigenvalue weighted by atomic mass is 10.1. The van der Waals surface area contributed by atoms with Gasteiger partial charge in [-0.1, -0.05) is 18.2 Å². The van der Waals surface area contributed by atoms with Gasteiger partial charge in [-0.05, 0) is 12.1 Å². The highest BCUT2D eigenvalue weighted by Gasteiger charge is 2.29. The van der Waals surface area contributed by atoms with Crippen molar-refractivity contribution in [3.63, 3.8) is 0 Å². The normalized spacial score (nSPS) is 18.2. The maximum Gasteiger partial charge on any atom is 0.238 e. The molecule has 1 atom stereocenters. The second-order valence-corrected chi connectivity index (χ2v) is 7.36. The molecule has 1 aliphatic heterocycles. The zero-order chi connectivity index (χ0) is 17.6. The van der Waals surface area contributed by atoms with Gasteiger partial charge in [-0.15, -0.1) is 0 Å². The van der Waals surface area contributed by atoms with Gasteiger partial charge in [-0.2, -0.15) is 0 Å². The third-order valence-electron chi connectivity index (χ3n) is 3.51. The van der Waals surface area contributed by atoms with Gasteiger partial charge >= 0.3 is 0 Å². The van der Waals surface area contributed by atoms with Crippen molar-refractivity contribution in [1.82, 2.24) is 9.62 Å². The van der Waals surface area contributed by atoms with Crippen LogP contribution in [0, 0.1) is 0 Å². The first-order valence-electron chi connectivity index (χ1n) is 7.52. The van der Waals surface area contributed by atoms with Gasteiger partial charge in [0.15, 0.2) is 0 Å². The summed E-state index contributed by atoms with van der Waals surface area (Å²) in [6.07, 6.45) is 1.07. The number of rotatable bonds is 6. The number of para-hydroxylation sites is 1. The molecule has 2 rings (SSSR count). The number of carbonyl (C=O) groups is 2. The van der Waals surface area contributed by atoms with Crippen LogP contribution in [0.1, 0.15) is 6.42 Å². The average molecular weight is 355 g/mol. The SMILES string of the molecule is CS(=O)(=O)NCC(=O)N1CCOC[C@@H]1CC(=O)Nc1ccccc1. The molecule has 1 saturated heterocycles. The molecule has 0 aliphatic carbocycles. The molecular weight excluding hydrogens is 334 g/mol. The molecule has 0 bridgehead atoms. The molecule has 1 fully saturated rings. The van der Waals surface area contributed by atoms with Gasteiger partial charge in [-0.3, -0.25) is 9.59 Å². The largest absolute Gasteiger partial charge is 0.377 e. The lowest BCUT2D eigenvalue weighted by Crippen LogP contribution is -2.52. The van der Waals surface area contributed by atoms with Crippen molar-refractivity contribution in [3.8, 4) is 0 Å². The summed E-state index contributed by atoms with van der Waals surface area (Å²) >= 11 is 0. The fourth-order valence-corrected chi connectivity index (χ4v) is 2.78. The van der Waals surface area contributed by atoms with Crippen molar-refractivity contribution >= 4 is 27.5 Å². The standard InChI is InChI=1S/C15H21N3O5S/c1-24(21,22)16-10-15(20)18-7-8-23-11-13(18)9-14(19)17-12-5-3-2-4-6-12/h2-6,13,16H,7-11H2,1H3,(H,17,19)/t13-/m0/s1. The van der Waals surface area contributed by atoms with E-state index in [1.807, 2.05) is 18.2 Å². The third kappa shape index (κ3) is 5.91. The minimum atomic E-state index is -3.45. The average Bonchev–Trinajstić information content (AvgIpc) is 2.53. The number of nitrogens with one attached hydrogen (secondary N) is 2. The van der Waals surface area contributed by atoms with Crippen molar-refractivity contribution in [2.75, 3.05) is 37.9 Å². The summed E-state index contributed by atoms with van der Waals surface area (Å²) in [6.45, 7) is 0.609. The molecule has 0 saturated carbocycles. The Morgan fingerprint density at radius 1 is 1.29 bits per heavy atom. The Hall–Kier alpha value is -1.97. The molecule has 0 unspecified atom stereocenters. The van der Waals surface area contributed by atoms with Gasteiger partial charge in [0.05, 0.1) is 32.1 Å². The van der Waals surface area contributed by atoms with Crippen LogP contribution in [0.5, 0.6) is 0 Å². The number of nitrogens with zero attached hydrogens (tertiary/aromatic N) is 1. The number of morpholine rings is 1. The monoisotopic (exact) mass is 355 g/mol. The molecule has 1 heterocycles. The van der Waals surface area contributed by atoms with Crippen LogP contribution in [0.3, 0.4) is 0 Å². The van der Waals surface area contributed by atoms with Gasteiger partial charge in [0.2, 0.25) is 21.8 Å². The summed E-state index contributed by atoms with van der Waals surface area (Å²) in [5, 5.41) is 2.76. The maximum atomic E-state index is 12.2. The Morgan fingerprint density at radius 3 is 2.67 bits per heavy atom. The Labute approximate surface area is 141 Å². The quantitative estimate of drug-likeness (QED) is 0.735. The van der Waals surface area contributed by atoms with Gasteiger partial charge in [-0.25, -0.2) is 13.1 Å². The van der Waals surface area contributed by atoms with E-state index in [1.165, 1.54) is 4.90 Å². The second kappa shape index (κ2) is 8.22. The Morgan fingerprint density at radius 2 is 2.00 bits per heavy atom. The van der Waals surface area contributed by atoms with Crippen molar-refractivity contribution in [3.05, 3.63) is 30.3 Å². The molecule has 8 nitrogen and oxygen atoms in total. The van der Waals surface area contributed by atoms with Crippen LogP contribution in [-0.2, 0) is 24.3 Å². The van der Waals surface area contributed by atoms with E-state index in [0.717, 1.165) is 6.26 Å². The smallest absolute Gasteiger partial charge is 0.238 e. The molecular formula is C15H21N3O5S. The van der Waals surface area contributed by atoms with Crippen LogP contribution in [0.2, 0.25) is 0 Å². The van der Waals surface area contributed by atoms with Crippen molar-refractivity contribution in [1.29, 1.82) is 0 Å². The molecule has 0 aromatic heterocycles. The van der Waals surface area contributed by atoms with Crippen molar-refractivity contribution < 1.29 is 22.7 Å². The van der Waals surface area contributed by atoms with Gasteiger partial charge in [0.1, 0.15) is 0 Å². The van der Waals surface area contributed by atoms with Crippen LogP contribution in [0.25, 0.3) is 0 Å². The Kier molecular flexibility index (Phi) is 6.29. The van der Waals surface area contributed by atoms with E-state index >= 15 is 0 Å². The molecule has 1 aliphatic rings. The van der Waals surface area contributed by atoms with Crippen LogP contribution >= 0.6 is 0 Å². The number of sulfonamides is 1. The minimum Gasteiger partial charge on any atom is -0.377 e. The van der Waals surface area contributed by atoms with Crippen LogP contribution < -0.4 is 10.0 Å². The van der Waals surface area contributed by atoms with Gasteiger partial charge < -0.3 is 15.0 Å². The molecule has 2 N–H and O–H groups in total. The molecule has 24 heavy (non-hydrogen) atoms. The molecule has 0 radical (unpaired) electrons. The maximum absolute atomic E-state index is 12.2. The topological polar surface area (TPSA) is 105 Å². The zero-order valence-electron chi connectivity index (χ0n) is 13.4. The number of anilines is 1. The predicted molar refractivity (Wildman–Crippen MR) is 88.9 cm³/mol. The summed E-state index contributed by atoms with van der Waals surface area (Å²) in [6, 6.07) is 8.59. The molecule has 132 valence electrons. The van der Waals surface area contributed by atoms with Crippen molar-refractivity contribution in [2.45, 2.75) is 12.5 Å². The number of hydrogen-bond acceptors (Lipinski definition) is 5. The fraction of sp³-hybridized carbons (Fsp3) is 0.467. The van der Waals surface area contributed by atoms with E-state index in [4.69, 9.17) is 4.74 Å². The summed E-state index contributed by atoms with van der Waals surface area (Å²) < 4.78 is 29.7. The van der Waals surface area contributed by atoms with E-state index in [1.54, 1.807) is 12.1 Å². The van der Waals surface area contributed by atoms with E-state index in [2.05, 4.69) is 10.0 Å². The summed E-state index contributed by atoms with van der Waals surface area (Å²) in [4.78, 5) is 25.8. The number of ether oxygens (including phenoxy) is 1. The first-order chi connectivity index (χ1) is 11.3. The zero-order valence-corrected chi connectivity index (χ0v) is 14.2. The number of hydrogen-bond donors (Lipinski definition) is 2. The summed E-state index contributed by atoms with van der Waals surface area (Å²) in [5.74, 6) is -0.605. The van der Waals surface area contributed by atoms with Crippen LogP contribution in [0.15, 0.2) is 30.3 Å². The first kappa shape index (κ1) is 18.4. The summed E-state index contributed by atoms with van der Waals surface area (Å²) in [7, 11) is -3.45. The number of amides is 2. The predicted octanol–water partition coefficient (Wildman–Crippen LogP) is -0.208. The Balaban J connectivity index is 1.93. The highest BCUT2D eigenvalue weighted by molar-refractivity contribution is 7.88. The van der Waals surface area contributed by atoms with E-state index in [-0.39, 0.29) is 31.4 Å². The Bertz CT molecular complexity index is 678. The highest BCUT2D eigenvalue weighted by Crippen LogP contribution is 2.13. The minimum absolute atomic E-state index is 0.0828. The number of benzene rings is 1. The lowest BCUT2D eigenvalue weighted by molar-refractivity contribution is -0.139. The van der Waals surface area contributed by atoms with Gasteiger partial charge in [0, 0.05) is 18.7 Å². The second-order valence-electron chi connectivity index (χ2n) is 5.53. The van der Waals surface area contributed by atoms with E-state index < -0.39 is 16.1 Å². The molecule has 0 spiro atoms. The lowest BCUT2D eigenvalue weighted by Gasteiger charge is -2.35. The number of carbonyl (C=O) groups excluding carboxylic acids is 2. The summed E-state index contributed by atoms with van der Waals surface area (Å²) in [5.41, 5.74) is 0.677. The van der Waals surface area contributed by atoms with Crippen LogP contribution in [0.4, 0.5) is 5.69 Å². The molecule has 1 aromatic carbocycles. The molecule has 2 amide bonds. The molecule has 9 heteroatoms. The van der Waals surface area contributed by atoms with Gasteiger partial charge in [0.25, 0.3) is 0 Å². The molecule has 1 aromatic rings. The first-order valence-corrected chi connectivity index (χ1v) is 9.41. The fourth-order valence-electron chi connectivity index (χ4n) is 2.39. The highest BCUT2D eigenvalue weighted by atomic mass is 32.2. The van der Waals surface area contributed by atoms with E-state index in [0.29, 0.717) is 18.8 Å². The van der Waals surface area contributed by atoms with Crippen LogP contribution in [-0.4, -0.2) is 63.7 Å². The van der Waals surface area contributed by atoms with Crippen molar-refractivity contribution in [2.24, 2.45) is 0 Å². The van der Waals surface area contributed by atoms with E-state index in [9.17, 15) is 18.0 Å².